The van der Waals surface area contributed by atoms with E-state index in [0.717, 1.165) is 18.5 Å². The molecule has 78 valence electrons. The molecule has 0 aromatic carbocycles. The molecule has 0 bridgehead atoms. The monoisotopic (exact) mass is 196 g/mol. The van der Waals surface area contributed by atoms with Gasteiger partial charge in [0.25, 0.3) is 0 Å². The molecule has 0 fully saturated rings. The number of aromatic nitrogens is 1. The molecule has 1 aromatic heterocycles. The van der Waals surface area contributed by atoms with Crippen molar-refractivity contribution < 1.29 is 4.39 Å². The van der Waals surface area contributed by atoms with Gasteiger partial charge in [0.15, 0.2) is 0 Å². The second-order valence-corrected chi connectivity index (χ2v) is 3.50. The molecular formula is C11H17FN2. The van der Waals surface area contributed by atoms with Gasteiger partial charge in [-0.3, -0.25) is 4.98 Å². The fraction of sp³-hybridized carbons (Fsp3) is 0.545. The third-order valence-electron chi connectivity index (χ3n) is 2.65. The number of nitrogens with two attached hydrogens (primary N) is 1. The summed E-state index contributed by atoms with van der Waals surface area (Å²) in [7, 11) is 0. The predicted octanol–water partition coefficient (Wildman–Crippen LogP) is 2.66. The highest BCUT2D eigenvalue weighted by atomic mass is 19.1. The average Bonchev–Trinajstić information content (AvgIpc) is 2.20. The fourth-order valence-corrected chi connectivity index (χ4v) is 1.62. The highest BCUT2D eigenvalue weighted by molar-refractivity contribution is 5.10. The van der Waals surface area contributed by atoms with Crippen molar-refractivity contribution in [3.63, 3.8) is 0 Å². The Balaban J connectivity index is 2.77. The number of rotatable bonds is 4. The lowest BCUT2D eigenvalue weighted by atomic mass is 9.92. The number of nitrogens with zero attached hydrogens (tertiary/aromatic N) is 1. The van der Waals surface area contributed by atoms with Crippen molar-refractivity contribution in [2.45, 2.75) is 32.7 Å². The molecule has 0 amide bonds. The Bertz CT molecular complexity index is 267. The van der Waals surface area contributed by atoms with E-state index in [2.05, 4.69) is 18.8 Å². The molecule has 0 aliphatic heterocycles. The van der Waals surface area contributed by atoms with Crippen molar-refractivity contribution in [3.8, 4) is 0 Å². The molecule has 1 rings (SSSR count). The third-order valence-corrected chi connectivity index (χ3v) is 2.65. The van der Waals surface area contributed by atoms with Crippen LogP contribution in [0.5, 0.6) is 0 Å². The lowest BCUT2D eigenvalue weighted by molar-refractivity contribution is 0.398. The summed E-state index contributed by atoms with van der Waals surface area (Å²) < 4.78 is 12.6. The van der Waals surface area contributed by atoms with Gasteiger partial charge in [-0.05, 0) is 18.1 Å². The Morgan fingerprint density at radius 3 is 2.43 bits per heavy atom. The van der Waals surface area contributed by atoms with E-state index in [0.29, 0.717) is 5.92 Å². The van der Waals surface area contributed by atoms with Gasteiger partial charge in [-0.25, -0.2) is 4.39 Å². The van der Waals surface area contributed by atoms with Crippen molar-refractivity contribution >= 4 is 0 Å². The van der Waals surface area contributed by atoms with E-state index >= 15 is 0 Å². The minimum absolute atomic E-state index is 0.0781. The van der Waals surface area contributed by atoms with Crippen molar-refractivity contribution in [1.29, 1.82) is 0 Å². The first kappa shape index (κ1) is 11.1. The summed E-state index contributed by atoms with van der Waals surface area (Å²) in [6.07, 6.45) is 3.27. The highest BCUT2D eigenvalue weighted by Gasteiger charge is 2.16. The van der Waals surface area contributed by atoms with Crippen molar-refractivity contribution in [3.05, 3.63) is 29.8 Å². The molecular weight excluding hydrogens is 179 g/mol. The molecule has 2 nitrogen and oxygen atoms in total. The highest BCUT2D eigenvalue weighted by Crippen LogP contribution is 2.23. The van der Waals surface area contributed by atoms with E-state index in [1.54, 1.807) is 6.07 Å². The molecule has 1 atom stereocenters. The third kappa shape index (κ3) is 2.51. The van der Waals surface area contributed by atoms with Crippen LogP contribution in [0.2, 0.25) is 0 Å². The minimum Gasteiger partial charge on any atom is -0.322 e. The van der Waals surface area contributed by atoms with Gasteiger partial charge in [0, 0.05) is 6.04 Å². The van der Waals surface area contributed by atoms with Gasteiger partial charge >= 0.3 is 0 Å². The Kier molecular flexibility index (Phi) is 4.01. The molecule has 0 saturated carbocycles. The normalized spacial score (nSPS) is 13.2. The minimum atomic E-state index is -0.314. The topological polar surface area (TPSA) is 38.9 Å². The molecule has 0 radical (unpaired) electrons. The van der Waals surface area contributed by atoms with Gasteiger partial charge in [0.2, 0.25) is 0 Å². The molecule has 0 aliphatic rings. The maximum Gasteiger partial charge on any atom is 0.141 e. The molecule has 1 aromatic rings. The van der Waals surface area contributed by atoms with E-state index in [9.17, 15) is 4.39 Å². The molecule has 0 saturated heterocycles. The van der Waals surface area contributed by atoms with Crippen LogP contribution in [0.1, 0.15) is 38.4 Å². The summed E-state index contributed by atoms with van der Waals surface area (Å²) >= 11 is 0. The molecule has 0 aliphatic carbocycles. The lowest BCUT2D eigenvalue weighted by Crippen LogP contribution is -2.21. The number of hydrogen-bond acceptors (Lipinski definition) is 2. The summed E-state index contributed by atoms with van der Waals surface area (Å²) in [6, 6.07) is 2.99. The van der Waals surface area contributed by atoms with Crippen molar-refractivity contribution in [2.24, 2.45) is 11.7 Å². The first-order valence-electron chi connectivity index (χ1n) is 5.06. The maximum absolute atomic E-state index is 12.6. The quantitative estimate of drug-likeness (QED) is 0.804. The van der Waals surface area contributed by atoms with Crippen LogP contribution in [-0.4, -0.2) is 4.98 Å². The number of pyridine rings is 1. The van der Waals surface area contributed by atoms with Gasteiger partial charge in [0.05, 0.1) is 11.9 Å². The Labute approximate surface area is 84.3 Å². The zero-order chi connectivity index (χ0) is 10.6. The molecule has 1 heterocycles. The predicted molar refractivity (Wildman–Crippen MR) is 55.2 cm³/mol. The Morgan fingerprint density at radius 2 is 2.00 bits per heavy atom. The van der Waals surface area contributed by atoms with Crippen LogP contribution in [0.25, 0.3) is 0 Å². The Hall–Kier alpha value is -0.960. The summed E-state index contributed by atoms with van der Waals surface area (Å²) in [6.45, 7) is 4.22. The van der Waals surface area contributed by atoms with E-state index in [4.69, 9.17) is 5.73 Å². The van der Waals surface area contributed by atoms with Gasteiger partial charge in [-0.2, -0.15) is 0 Å². The fourth-order valence-electron chi connectivity index (χ4n) is 1.62. The van der Waals surface area contributed by atoms with Gasteiger partial charge in [-0.1, -0.05) is 26.7 Å². The first-order valence-corrected chi connectivity index (χ1v) is 5.06. The lowest BCUT2D eigenvalue weighted by Gasteiger charge is -2.20. The summed E-state index contributed by atoms with van der Waals surface area (Å²) in [5.41, 5.74) is 6.80. The van der Waals surface area contributed by atoms with Crippen LogP contribution >= 0.6 is 0 Å². The summed E-state index contributed by atoms with van der Waals surface area (Å²) in [5, 5.41) is 0. The van der Waals surface area contributed by atoms with Gasteiger partial charge in [0.1, 0.15) is 5.82 Å². The summed E-state index contributed by atoms with van der Waals surface area (Å²) in [5.74, 6) is 0.110. The average molecular weight is 196 g/mol. The second kappa shape index (κ2) is 5.05. The smallest absolute Gasteiger partial charge is 0.141 e. The van der Waals surface area contributed by atoms with E-state index in [1.807, 2.05) is 0 Å². The largest absolute Gasteiger partial charge is 0.322 e. The van der Waals surface area contributed by atoms with E-state index < -0.39 is 0 Å². The van der Waals surface area contributed by atoms with Gasteiger partial charge in [-0.15, -0.1) is 0 Å². The molecule has 14 heavy (non-hydrogen) atoms. The summed E-state index contributed by atoms with van der Waals surface area (Å²) in [4.78, 5) is 4.00. The molecule has 1 unspecified atom stereocenters. The van der Waals surface area contributed by atoms with Crippen LogP contribution in [0.4, 0.5) is 4.39 Å². The van der Waals surface area contributed by atoms with Crippen LogP contribution in [-0.2, 0) is 0 Å². The zero-order valence-corrected chi connectivity index (χ0v) is 8.70. The maximum atomic E-state index is 12.6. The zero-order valence-electron chi connectivity index (χ0n) is 8.70. The standard InChI is InChI=1S/C11H17FN2/c1-3-8(4-2)11(13)10-6-5-9(12)7-14-10/h5-8,11H,3-4,13H2,1-2H3. The van der Waals surface area contributed by atoms with E-state index in [1.165, 1.54) is 12.3 Å². The number of halogens is 1. The Morgan fingerprint density at radius 1 is 1.36 bits per heavy atom. The van der Waals surface area contributed by atoms with E-state index in [-0.39, 0.29) is 11.9 Å². The first-order chi connectivity index (χ1) is 6.69. The number of hydrogen-bond donors (Lipinski definition) is 1. The van der Waals surface area contributed by atoms with Crippen LogP contribution < -0.4 is 5.73 Å². The second-order valence-electron chi connectivity index (χ2n) is 3.50. The van der Waals surface area contributed by atoms with Crippen LogP contribution in [0, 0.1) is 11.7 Å². The van der Waals surface area contributed by atoms with Crippen LogP contribution in [0.3, 0.4) is 0 Å². The van der Waals surface area contributed by atoms with Crippen molar-refractivity contribution in [2.75, 3.05) is 0 Å². The molecule has 3 heteroatoms. The van der Waals surface area contributed by atoms with Gasteiger partial charge < -0.3 is 5.73 Å². The van der Waals surface area contributed by atoms with Crippen molar-refractivity contribution in [1.82, 2.24) is 4.98 Å². The van der Waals surface area contributed by atoms with Crippen LogP contribution in [0.15, 0.2) is 18.3 Å². The molecule has 2 N–H and O–H groups in total. The SMILES string of the molecule is CCC(CC)C(N)c1ccc(F)cn1. The molecule has 0 spiro atoms.